The maximum Gasteiger partial charge on any atom is 0.329 e. The molecule has 18 nitrogen and oxygen atoms in total. The second kappa shape index (κ2) is 30.5. The van der Waals surface area contributed by atoms with E-state index in [0.29, 0.717) is 6.42 Å². The number of esters is 1. The lowest BCUT2D eigenvalue weighted by molar-refractivity contribution is -0.160. The van der Waals surface area contributed by atoms with Crippen LogP contribution in [0.2, 0.25) is 0 Å². The summed E-state index contributed by atoms with van der Waals surface area (Å²) in [7, 11) is 1.30. The minimum absolute atomic E-state index is 0.0705. The summed E-state index contributed by atoms with van der Waals surface area (Å²) in [5, 5.41) is 13.2. The molecule has 0 radical (unpaired) electrons. The van der Waals surface area contributed by atoms with Crippen molar-refractivity contribution < 1.29 is 47.9 Å². The van der Waals surface area contributed by atoms with Crippen molar-refractivity contribution in [2.24, 2.45) is 17.6 Å². The molecule has 69 heavy (non-hydrogen) atoms. The van der Waals surface area contributed by atoms with Gasteiger partial charge in [-0.3, -0.25) is 38.4 Å². The zero-order chi connectivity index (χ0) is 51.6. The van der Waals surface area contributed by atoms with Crippen molar-refractivity contribution in [3.8, 4) is 0 Å². The van der Waals surface area contributed by atoms with Gasteiger partial charge in [0.05, 0.1) is 0 Å². The third-order valence-corrected chi connectivity index (χ3v) is 10.9. The molecule has 2 rings (SSSR count). The first-order valence-electron chi connectivity index (χ1n) is 23.6. The summed E-state index contributed by atoms with van der Waals surface area (Å²) in [4.78, 5) is 125. The quantitative estimate of drug-likeness (QED) is 0.0749. The number of nitrogens with one attached hydrogen (secondary N) is 5. The molecule has 2 heterocycles. The molecule has 7 N–H and O–H groups in total. The SMILES string of the molecule is C/C=C/C=C/C=C/C=C/C=C/C=C/C=C/C=C/C(=O)N(C)[C@@H]1C(=O)N[C@H](C)C(=O)N[C@@H](CC(C)C)C(=O)N[C@@H](CC(C)C)C(=O)N2CCC[C@H]2C(=O)N[C@@H](C)C(=O)N[C@@H](CCC(N)=O)C(=O)O[C@@H]1C. The van der Waals surface area contributed by atoms with E-state index in [1.807, 2.05) is 95.4 Å². The molecule has 0 aromatic rings. The number of rotatable bonds is 16. The van der Waals surface area contributed by atoms with Crippen molar-refractivity contribution in [2.45, 2.75) is 142 Å². The molecule has 2 aliphatic rings. The second-order valence-electron chi connectivity index (χ2n) is 17.8. The van der Waals surface area contributed by atoms with Crippen molar-refractivity contribution in [2.75, 3.05) is 13.6 Å². The summed E-state index contributed by atoms with van der Waals surface area (Å²) < 4.78 is 5.73. The van der Waals surface area contributed by atoms with Crippen LogP contribution in [-0.2, 0) is 47.9 Å². The Morgan fingerprint density at radius 2 is 1.12 bits per heavy atom. The number of hydrogen-bond donors (Lipinski definition) is 6. The van der Waals surface area contributed by atoms with Gasteiger partial charge in [0.1, 0.15) is 48.4 Å². The molecule has 0 spiro atoms. The minimum Gasteiger partial charge on any atom is -0.458 e. The summed E-state index contributed by atoms with van der Waals surface area (Å²) in [6.07, 6.45) is 27.3. The van der Waals surface area contributed by atoms with Gasteiger partial charge in [-0.05, 0) is 71.6 Å². The van der Waals surface area contributed by atoms with Crippen molar-refractivity contribution in [1.82, 2.24) is 36.4 Å². The van der Waals surface area contributed by atoms with E-state index in [1.54, 1.807) is 24.3 Å². The van der Waals surface area contributed by atoms with Crippen LogP contribution in [0.15, 0.2) is 97.2 Å². The number of likely N-dealkylation sites (N-methyl/N-ethyl adjacent to an activating group) is 1. The lowest BCUT2D eigenvalue weighted by Gasteiger charge is -2.33. The summed E-state index contributed by atoms with van der Waals surface area (Å²) in [5.74, 6) is -7.03. The van der Waals surface area contributed by atoms with Crippen molar-refractivity contribution in [1.29, 1.82) is 0 Å². The number of nitrogens with zero attached hydrogens (tertiary/aromatic N) is 2. The molecule has 8 amide bonds. The van der Waals surface area contributed by atoms with Crippen LogP contribution >= 0.6 is 0 Å². The van der Waals surface area contributed by atoms with E-state index >= 15 is 0 Å². The van der Waals surface area contributed by atoms with Gasteiger partial charge in [0.2, 0.25) is 47.3 Å². The molecule has 378 valence electrons. The van der Waals surface area contributed by atoms with Gasteiger partial charge in [0.25, 0.3) is 0 Å². The van der Waals surface area contributed by atoms with Crippen LogP contribution in [-0.4, -0.2) is 125 Å². The molecule has 18 heteroatoms. The van der Waals surface area contributed by atoms with Crippen molar-refractivity contribution in [3.05, 3.63) is 97.2 Å². The number of cyclic esters (lactones) is 1. The topological polar surface area (TPSA) is 256 Å². The standard InChI is InChI=1S/C51H74N8O10/c1-10-11-12-13-14-15-16-17-18-19-20-21-22-23-24-27-43(61)58(9)44-37(8)69-51(68)38(28-29-42(52)60)55-45(62)35(6)53-48(65)41-26-25-30-59(41)50(67)40(32-34(4)5)57-47(64)39(31-33(2)3)56-46(63)36(7)54-49(44)66/h10-24,27,33-41,44H,25-26,28-32H2,1-9H3,(H2,52,60)(H,53,65)(H,54,66)(H,55,62)(H,56,63)(H,57,64)/b11-10+,13-12+,15-14+,17-16+,19-18+,21-20+,23-22+,27-24+/t35-,36+,37+,38-,39-,40-,41-,44-/m0/s1. The number of carbonyl (C=O) groups excluding carboxylic acids is 9. The highest BCUT2D eigenvalue weighted by molar-refractivity contribution is 5.98. The maximum absolute atomic E-state index is 14.2. The molecule has 0 unspecified atom stereocenters. The Labute approximate surface area is 407 Å². The Morgan fingerprint density at radius 1 is 0.652 bits per heavy atom. The second-order valence-corrected chi connectivity index (χ2v) is 17.8. The maximum atomic E-state index is 14.2. The average molecular weight is 959 g/mol. The summed E-state index contributed by atoms with van der Waals surface area (Å²) in [6, 6.07) is -8.81. The monoisotopic (exact) mass is 959 g/mol. The molecule has 0 bridgehead atoms. The number of allylic oxidation sites excluding steroid dienone is 15. The fourth-order valence-electron chi connectivity index (χ4n) is 7.35. The first kappa shape index (κ1) is 58.3. The van der Waals surface area contributed by atoms with Crippen LogP contribution in [0.1, 0.15) is 93.9 Å². The highest BCUT2D eigenvalue weighted by Crippen LogP contribution is 2.21. The fourth-order valence-corrected chi connectivity index (χ4v) is 7.35. The van der Waals surface area contributed by atoms with Gasteiger partial charge in [0.15, 0.2) is 0 Å². The predicted octanol–water partition coefficient (Wildman–Crippen LogP) is 3.04. The van der Waals surface area contributed by atoms with Gasteiger partial charge in [-0.1, -0.05) is 119 Å². The number of nitrogens with two attached hydrogens (primary N) is 1. The molecule has 2 aliphatic heterocycles. The molecule has 0 saturated carbocycles. The van der Waals surface area contributed by atoms with Crippen LogP contribution in [0.4, 0.5) is 0 Å². The van der Waals surface area contributed by atoms with Gasteiger partial charge < -0.3 is 46.9 Å². The smallest absolute Gasteiger partial charge is 0.329 e. The number of fused-ring (bicyclic) bond motifs is 1. The highest BCUT2D eigenvalue weighted by atomic mass is 16.5. The van der Waals surface area contributed by atoms with Crippen LogP contribution in [0, 0.1) is 11.8 Å². The Kier molecular flexibility index (Phi) is 25.8. The molecular formula is C51H74N8O10. The van der Waals surface area contributed by atoms with E-state index < -0.39 is 102 Å². The summed E-state index contributed by atoms with van der Waals surface area (Å²) in [5.41, 5.74) is 5.39. The summed E-state index contributed by atoms with van der Waals surface area (Å²) >= 11 is 0. The third-order valence-electron chi connectivity index (χ3n) is 10.9. The van der Waals surface area contributed by atoms with E-state index in [-0.39, 0.29) is 50.5 Å². The Morgan fingerprint density at radius 3 is 1.62 bits per heavy atom. The van der Waals surface area contributed by atoms with E-state index in [9.17, 15) is 43.2 Å². The first-order valence-corrected chi connectivity index (χ1v) is 23.6. The van der Waals surface area contributed by atoms with Crippen LogP contribution in [0.25, 0.3) is 0 Å². The van der Waals surface area contributed by atoms with Gasteiger partial charge in [-0.25, -0.2) is 4.79 Å². The number of hydrogen-bond acceptors (Lipinski definition) is 10. The number of primary amides is 1. The van der Waals surface area contributed by atoms with E-state index in [0.717, 1.165) is 4.90 Å². The van der Waals surface area contributed by atoms with Crippen LogP contribution in [0.5, 0.6) is 0 Å². The zero-order valence-electron chi connectivity index (χ0n) is 41.5. The Balaban J connectivity index is 2.53. The van der Waals surface area contributed by atoms with Crippen molar-refractivity contribution >= 4 is 53.2 Å². The number of ether oxygens (including phenoxy) is 1. The summed E-state index contributed by atoms with van der Waals surface area (Å²) in [6.45, 7) is 13.7. The van der Waals surface area contributed by atoms with Gasteiger partial charge in [-0.15, -0.1) is 0 Å². The van der Waals surface area contributed by atoms with Gasteiger partial charge >= 0.3 is 5.97 Å². The number of amides is 8. The molecule has 0 aromatic carbocycles. The normalized spacial score (nSPS) is 25.8. The molecule has 2 saturated heterocycles. The van der Waals surface area contributed by atoms with Gasteiger partial charge in [-0.2, -0.15) is 0 Å². The fraction of sp³-hybridized carbons (Fsp3) is 0.510. The molecule has 8 atom stereocenters. The zero-order valence-corrected chi connectivity index (χ0v) is 41.5. The number of carbonyl (C=O) groups is 9. The lowest BCUT2D eigenvalue weighted by atomic mass is 9.99. The average Bonchev–Trinajstić information content (AvgIpc) is 3.78. The van der Waals surface area contributed by atoms with E-state index in [2.05, 4.69) is 26.6 Å². The Hall–Kier alpha value is -6.85. The Bertz CT molecular complexity index is 2050. The first-order chi connectivity index (χ1) is 32.7. The highest BCUT2D eigenvalue weighted by Gasteiger charge is 2.41. The van der Waals surface area contributed by atoms with Crippen LogP contribution in [0.3, 0.4) is 0 Å². The lowest BCUT2D eigenvalue weighted by Crippen LogP contribution is -2.61. The minimum atomic E-state index is -1.57. The third kappa shape index (κ3) is 20.9. The van der Waals surface area contributed by atoms with E-state index in [1.165, 1.54) is 44.9 Å². The molecule has 0 aliphatic carbocycles. The molecule has 2 fully saturated rings. The van der Waals surface area contributed by atoms with Crippen LogP contribution < -0.4 is 32.3 Å². The predicted molar refractivity (Wildman–Crippen MR) is 264 cm³/mol. The van der Waals surface area contributed by atoms with Crippen molar-refractivity contribution in [3.63, 3.8) is 0 Å². The van der Waals surface area contributed by atoms with Gasteiger partial charge in [0, 0.05) is 26.1 Å². The largest absolute Gasteiger partial charge is 0.458 e. The van der Waals surface area contributed by atoms with E-state index in [4.69, 9.17) is 10.5 Å². The molecule has 0 aromatic heterocycles. The molecular weight excluding hydrogens is 885 g/mol.